The zero-order chi connectivity index (χ0) is 19.9. The summed E-state index contributed by atoms with van der Waals surface area (Å²) in [5, 5.41) is 11.3. The van der Waals surface area contributed by atoms with Crippen LogP contribution in [0, 0.1) is 23.2 Å². The van der Waals surface area contributed by atoms with Gasteiger partial charge < -0.3 is 15.1 Å². The first-order valence-corrected chi connectivity index (χ1v) is 9.81. The van der Waals surface area contributed by atoms with Gasteiger partial charge in [0.1, 0.15) is 6.42 Å². The quantitative estimate of drug-likeness (QED) is 0.803. The number of amides is 3. The van der Waals surface area contributed by atoms with Crippen LogP contribution in [0.2, 0.25) is 0 Å². The maximum absolute atomic E-state index is 12.8. The van der Waals surface area contributed by atoms with E-state index in [9.17, 15) is 14.4 Å². The van der Waals surface area contributed by atoms with Gasteiger partial charge in [0.05, 0.1) is 12.0 Å². The Hall–Kier alpha value is -2.88. The fourth-order valence-electron chi connectivity index (χ4n) is 3.90. The normalized spacial score (nSPS) is 20.1. The number of rotatable bonds is 6. The number of hydrogen-bond acceptors (Lipinski definition) is 4. The molecule has 0 aliphatic carbocycles. The van der Waals surface area contributed by atoms with Crippen molar-refractivity contribution < 1.29 is 14.4 Å². The van der Waals surface area contributed by atoms with Crippen molar-refractivity contribution in [1.82, 2.24) is 15.1 Å². The molecule has 7 nitrogen and oxygen atoms in total. The van der Waals surface area contributed by atoms with Gasteiger partial charge in [0.2, 0.25) is 17.7 Å². The maximum atomic E-state index is 12.8. The van der Waals surface area contributed by atoms with E-state index in [0.717, 1.165) is 18.4 Å². The van der Waals surface area contributed by atoms with Crippen molar-refractivity contribution in [3.05, 3.63) is 35.9 Å². The van der Waals surface area contributed by atoms with E-state index in [1.54, 1.807) is 4.90 Å². The van der Waals surface area contributed by atoms with Crippen LogP contribution in [-0.4, -0.2) is 53.7 Å². The number of benzene rings is 1. The second kappa shape index (κ2) is 9.36. The van der Waals surface area contributed by atoms with Gasteiger partial charge in [-0.15, -0.1) is 0 Å². The fraction of sp³-hybridized carbons (Fsp3) is 0.524. The lowest BCUT2D eigenvalue weighted by Gasteiger charge is -2.33. The maximum Gasteiger partial charge on any atom is 0.234 e. The number of nitrogens with one attached hydrogen (secondary N) is 1. The second-order valence-electron chi connectivity index (χ2n) is 7.57. The molecule has 0 bridgehead atoms. The van der Waals surface area contributed by atoms with E-state index in [4.69, 9.17) is 5.26 Å². The van der Waals surface area contributed by atoms with Crippen molar-refractivity contribution in [2.45, 2.75) is 32.2 Å². The van der Waals surface area contributed by atoms with Gasteiger partial charge in [0.15, 0.2) is 0 Å². The van der Waals surface area contributed by atoms with Crippen LogP contribution in [0.5, 0.6) is 0 Å². The van der Waals surface area contributed by atoms with E-state index in [1.165, 1.54) is 0 Å². The van der Waals surface area contributed by atoms with E-state index >= 15 is 0 Å². The van der Waals surface area contributed by atoms with Crippen LogP contribution in [0.15, 0.2) is 30.3 Å². The van der Waals surface area contributed by atoms with Gasteiger partial charge in [-0.2, -0.15) is 5.26 Å². The number of likely N-dealkylation sites (tertiary alicyclic amines) is 2. The number of piperidine rings is 1. The lowest BCUT2D eigenvalue weighted by Crippen LogP contribution is -2.44. The molecule has 0 spiro atoms. The number of nitriles is 1. The molecular formula is C21H26N4O3. The minimum Gasteiger partial charge on any atom is -0.355 e. The molecule has 2 aliphatic heterocycles. The van der Waals surface area contributed by atoms with Crippen LogP contribution in [0.3, 0.4) is 0 Å². The molecule has 0 aromatic heterocycles. The van der Waals surface area contributed by atoms with Crippen LogP contribution in [-0.2, 0) is 20.9 Å². The summed E-state index contributed by atoms with van der Waals surface area (Å²) in [5.74, 6) is -0.0771. The Kier molecular flexibility index (Phi) is 6.64. The fourth-order valence-corrected chi connectivity index (χ4v) is 3.90. The smallest absolute Gasteiger partial charge is 0.234 e. The molecule has 2 saturated heterocycles. The lowest BCUT2D eigenvalue weighted by atomic mass is 9.95. The first kappa shape index (κ1) is 19.9. The van der Waals surface area contributed by atoms with Crippen LogP contribution >= 0.6 is 0 Å². The number of carbonyl (C=O) groups is 3. The zero-order valence-corrected chi connectivity index (χ0v) is 16.0. The monoisotopic (exact) mass is 382 g/mol. The van der Waals surface area contributed by atoms with Crippen LogP contribution in [0.4, 0.5) is 0 Å². The van der Waals surface area contributed by atoms with Gasteiger partial charge in [0.25, 0.3) is 0 Å². The Morgan fingerprint density at radius 2 is 1.89 bits per heavy atom. The van der Waals surface area contributed by atoms with Crippen LogP contribution in [0.25, 0.3) is 0 Å². The lowest BCUT2D eigenvalue weighted by molar-refractivity contribution is -0.137. The molecule has 28 heavy (non-hydrogen) atoms. The van der Waals surface area contributed by atoms with E-state index < -0.39 is 0 Å². The predicted molar refractivity (Wildman–Crippen MR) is 103 cm³/mol. The standard InChI is InChI=1S/C21H26N4O3/c22-9-6-19(26)23-13-16-7-10-24(11-8-16)21(28)18-12-20(27)25(15-18)14-17-4-2-1-3-5-17/h1-5,16,18H,6-8,10-15H2,(H,23,26). The second-order valence-corrected chi connectivity index (χ2v) is 7.57. The van der Waals surface area contributed by atoms with Crippen molar-refractivity contribution in [1.29, 1.82) is 5.26 Å². The van der Waals surface area contributed by atoms with Gasteiger partial charge in [0, 0.05) is 39.1 Å². The molecule has 2 fully saturated rings. The molecule has 148 valence electrons. The van der Waals surface area contributed by atoms with Crippen molar-refractivity contribution >= 4 is 17.7 Å². The minimum absolute atomic E-state index is 0.0392. The highest BCUT2D eigenvalue weighted by molar-refractivity contribution is 5.89. The van der Waals surface area contributed by atoms with E-state index in [2.05, 4.69) is 5.32 Å². The summed E-state index contributed by atoms with van der Waals surface area (Å²) in [4.78, 5) is 40.2. The molecular weight excluding hydrogens is 356 g/mol. The number of nitrogens with zero attached hydrogens (tertiary/aromatic N) is 3. The summed E-state index contributed by atoms with van der Waals surface area (Å²) < 4.78 is 0. The average molecular weight is 382 g/mol. The third-order valence-corrected chi connectivity index (χ3v) is 5.53. The molecule has 1 unspecified atom stereocenters. The Morgan fingerprint density at radius 3 is 2.57 bits per heavy atom. The molecule has 1 aromatic carbocycles. The highest BCUT2D eigenvalue weighted by Crippen LogP contribution is 2.25. The van der Waals surface area contributed by atoms with Crippen molar-refractivity contribution in [3.63, 3.8) is 0 Å². The van der Waals surface area contributed by atoms with Crippen molar-refractivity contribution in [3.8, 4) is 6.07 Å². The summed E-state index contributed by atoms with van der Waals surface area (Å²) in [6.07, 6.45) is 1.82. The summed E-state index contributed by atoms with van der Waals surface area (Å²) in [6, 6.07) is 11.7. The number of hydrogen-bond donors (Lipinski definition) is 1. The summed E-state index contributed by atoms with van der Waals surface area (Å²) >= 11 is 0. The van der Waals surface area contributed by atoms with E-state index in [1.807, 2.05) is 41.3 Å². The Labute approximate surface area is 165 Å². The molecule has 3 amide bonds. The van der Waals surface area contributed by atoms with E-state index in [0.29, 0.717) is 38.6 Å². The Morgan fingerprint density at radius 1 is 1.18 bits per heavy atom. The van der Waals surface area contributed by atoms with Crippen LogP contribution in [0.1, 0.15) is 31.2 Å². The van der Waals surface area contributed by atoms with Gasteiger partial charge in [-0.05, 0) is 24.3 Å². The zero-order valence-electron chi connectivity index (χ0n) is 16.0. The molecule has 2 heterocycles. The molecule has 7 heteroatoms. The van der Waals surface area contributed by atoms with Crippen molar-refractivity contribution in [2.75, 3.05) is 26.2 Å². The average Bonchev–Trinajstić information content (AvgIpc) is 3.07. The molecule has 1 N–H and O–H groups in total. The van der Waals surface area contributed by atoms with Gasteiger partial charge in [-0.1, -0.05) is 30.3 Å². The molecule has 0 saturated carbocycles. The summed E-state index contributed by atoms with van der Waals surface area (Å²) in [5.41, 5.74) is 1.07. The predicted octanol–water partition coefficient (Wildman–Crippen LogP) is 1.30. The molecule has 0 radical (unpaired) electrons. The largest absolute Gasteiger partial charge is 0.355 e. The molecule has 2 aliphatic rings. The number of carbonyl (C=O) groups excluding carboxylic acids is 3. The van der Waals surface area contributed by atoms with Crippen LogP contribution < -0.4 is 5.32 Å². The Balaban J connectivity index is 1.44. The highest BCUT2D eigenvalue weighted by atomic mass is 16.2. The summed E-state index contributed by atoms with van der Waals surface area (Å²) in [7, 11) is 0. The highest BCUT2D eigenvalue weighted by Gasteiger charge is 2.37. The van der Waals surface area contributed by atoms with Gasteiger partial charge in [-0.3, -0.25) is 14.4 Å². The molecule has 1 aromatic rings. The minimum atomic E-state index is -0.261. The third kappa shape index (κ3) is 5.10. The Bertz CT molecular complexity index is 751. The van der Waals surface area contributed by atoms with Gasteiger partial charge in [-0.25, -0.2) is 0 Å². The topological polar surface area (TPSA) is 93.5 Å². The molecule has 1 atom stereocenters. The van der Waals surface area contributed by atoms with E-state index in [-0.39, 0.29) is 36.5 Å². The summed E-state index contributed by atoms with van der Waals surface area (Å²) in [6.45, 7) is 2.89. The SMILES string of the molecule is N#CCC(=O)NCC1CCN(C(=O)C2CC(=O)N(Cc3ccccc3)C2)CC1. The first-order chi connectivity index (χ1) is 13.6. The first-order valence-electron chi connectivity index (χ1n) is 9.81. The van der Waals surface area contributed by atoms with Crippen molar-refractivity contribution in [2.24, 2.45) is 11.8 Å². The van der Waals surface area contributed by atoms with Gasteiger partial charge >= 0.3 is 0 Å². The molecule has 3 rings (SSSR count). The third-order valence-electron chi connectivity index (χ3n) is 5.53.